The smallest absolute Gasteiger partial charge is 0.129 e. The Balaban J connectivity index is 1.93. The van der Waals surface area contributed by atoms with Crippen molar-refractivity contribution in [2.45, 2.75) is 18.9 Å². The summed E-state index contributed by atoms with van der Waals surface area (Å²) < 4.78 is 18.7. The first-order valence-corrected chi connectivity index (χ1v) is 6.41. The molecule has 0 heterocycles. The molecule has 1 aromatic carbocycles. The molecule has 0 aliphatic heterocycles. The van der Waals surface area contributed by atoms with E-state index in [4.69, 9.17) is 22.7 Å². The van der Waals surface area contributed by atoms with Crippen LogP contribution in [0.15, 0.2) is 18.2 Å². The summed E-state index contributed by atoms with van der Waals surface area (Å²) in [5.74, 6) is 0.188. The lowest BCUT2D eigenvalue weighted by Gasteiger charge is -2.17. The van der Waals surface area contributed by atoms with Gasteiger partial charge in [-0.2, -0.15) is 0 Å². The monoisotopic (exact) mass is 268 g/mol. The summed E-state index contributed by atoms with van der Waals surface area (Å²) in [6.07, 6.45) is 2.54. The third-order valence-electron chi connectivity index (χ3n) is 3.08. The van der Waals surface area contributed by atoms with Crippen molar-refractivity contribution < 1.29 is 9.13 Å². The van der Waals surface area contributed by atoms with Gasteiger partial charge >= 0.3 is 0 Å². The quantitative estimate of drug-likeness (QED) is 0.800. The molecule has 0 radical (unpaired) electrons. The van der Waals surface area contributed by atoms with E-state index in [-0.39, 0.29) is 10.8 Å². The zero-order valence-corrected chi connectivity index (χ0v) is 11.2. The number of nitrogens with zero attached hydrogens (tertiary/aromatic N) is 1. The Morgan fingerprint density at radius 1 is 1.56 bits per heavy atom. The fraction of sp³-hybridized carbons (Fsp3) is 0.462. The van der Waals surface area contributed by atoms with Gasteiger partial charge in [0.15, 0.2) is 0 Å². The number of thiocarbonyl (C=S) groups is 1. The van der Waals surface area contributed by atoms with E-state index in [2.05, 4.69) is 11.9 Å². The highest BCUT2D eigenvalue weighted by molar-refractivity contribution is 7.80. The van der Waals surface area contributed by atoms with Gasteiger partial charge in [0.1, 0.15) is 23.2 Å². The van der Waals surface area contributed by atoms with Crippen molar-refractivity contribution in [3.63, 3.8) is 0 Å². The number of benzene rings is 1. The predicted octanol–water partition coefficient (Wildman–Crippen LogP) is 1.93. The summed E-state index contributed by atoms with van der Waals surface area (Å²) in [5.41, 5.74) is 6.01. The molecule has 0 bridgehead atoms. The highest BCUT2D eigenvalue weighted by Gasteiger charge is 2.25. The lowest BCUT2D eigenvalue weighted by atomic mass is 10.2. The molecule has 0 aromatic heterocycles. The average Bonchev–Trinajstić information content (AvgIpc) is 3.14. The fourth-order valence-electron chi connectivity index (χ4n) is 1.82. The molecule has 3 nitrogen and oxygen atoms in total. The van der Waals surface area contributed by atoms with Crippen LogP contribution in [0.25, 0.3) is 0 Å². The first kappa shape index (κ1) is 13.2. The number of likely N-dealkylation sites (N-methyl/N-ethyl adjacent to an activating group) is 1. The summed E-state index contributed by atoms with van der Waals surface area (Å²) in [5, 5.41) is 0. The zero-order valence-electron chi connectivity index (χ0n) is 10.4. The number of hydrogen-bond donors (Lipinski definition) is 1. The molecule has 1 fully saturated rings. The maximum atomic E-state index is 13.1. The highest BCUT2D eigenvalue weighted by atomic mass is 32.1. The largest absolute Gasteiger partial charge is 0.492 e. The van der Waals surface area contributed by atoms with Gasteiger partial charge in [0.25, 0.3) is 0 Å². The Hall–Kier alpha value is -1.20. The van der Waals surface area contributed by atoms with Gasteiger partial charge in [0.05, 0.1) is 5.56 Å². The van der Waals surface area contributed by atoms with Gasteiger partial charge in [-0.1, -0.05) is 12.2 Å². The van der Waals surface area contributed by atoms with Crippen molar-refractivity contribution in [3.05, 3.63) is 29.6 Å². The molecule has 2 N–H and O–H groups in total. The van der Waals surface area contributed by atoms with E-state index in [9.17, 15) is 4.39 Å². The number of nitrogens with two attached hydrogens (primary N) is 1. The second-order valence-electron chi connectivity index (χ2n) is 4.56. The van der Waals surface area contributed by atoms with Crippen molar-refractivity contribution in [1.29, 1.82) is 0 Å². The van der Waals surface area contributed by atoms with Gasteiger partial charge in [-0.25, -0.2) is 4.39 Å². The normalized spacial score (nSPS) is 14.8. The average molecular weight is 268 g/mol. The molecule has 98 valence electrons. The lowest BCUT2D eigenvalue weighted by molar-refractivity contribution is 0.231. The summed E-state index contributed by atoms with van der Waals surface area (Å²) in [4.78, 5) is 2.42. The third-order valence-corrected chi connectivity index (χ3v) is 3.30. The molecule has 5 heteroatoms. The van der Waals surface area contributed by atoms with Crippen molar-refractivity contribution in [1.82, 2.24) is 4.90 Å². The molecule has 18 heavy (non-hydrogen) atoms. The minimum absolute atomic E-state index is 0.153. The van der Waals surface area contributed by atoms with Crippen LogP contribution in [0.4, 0.5) is 4.39 Å². The minimum Gasteiger partial charge on any atom is -0.492 e. The molecular formula is C13H17FN2OS. The molecule has 0 spiro atoms. The Bertz CT molecular complexity index is 449. The van der Waals surface area contributed by atoms with E-state index >= 15 is 0 Å². The highest BCUT2D eigenvalue weighted by Crippen LogP contribution is 2.25. The van der Waals surface area contributed by atoms with E-state index in [1.807, 2.05) is 0 Å². The SMILES string of the molecule is CN(CCOc1ccc(F)cc1C(N)=S)C1CC1. The molecule has 0 amide bonds. The Labute approximate surface area is 112 Å². The van der Waals surface area contributed by atoms with Gasteiger partial charge in [0.2, 0.25) is 0 Å². The second kappa shape index (κ2) is 5.63. The molecule has 1 aliphatic rings. The van der Waals surface area contributed by atoms with Crippen LogP contribution in [0.1, 0.15) is 18.4 Å². The number of halogens is 1. The third kappa shape index (κ3) is 3.40. The van der Waals surface area contributed by atoms with Gasteiger partial charge in [-0.15, -0.1) is 0 Å². The van der Waals surface area contributed by atoms with E-state index in [1.54, 1.807) is 6.07 Å². The Morgan fingerprint density at radius 2 is 2.28 bits per heavy atom. The minimum atomic E-state index is -0.361. The van der Waals surface area contributed by atoms with Gasteiger partial charge in [-0.05, 0) is 38.1 Å². The van der Waals surface area contributed by atoms with Crippen LogP contribution in [0.5, 0.6) is 5.75 Å². The lowest BCUT2D eigenvalue weighted by Crippen LogP contribution is -2.26. The number of ether oxygens (including phenoxy) is 1. The van der Waals surface area contributed by atoms with Crippen LogP contribution in [-0.2, 0) is 0 Å². The van der Waals surface area contributed by atoms with E-state index in [0.717, 1.165) is 6.54 Å². The van der Waals surface area contributed by atoms with Gasteiger partial charge in [-0.3, -0.25) is 0 Å². The van der Waals surface area contributed by atoms with Crippen LogP contribution >= 0.6 is 12.2 Å². The first-order chi connectivity index (χ1) is 8.58. The molecule has 2 rings (SSSR count). The van der Waals surface area contributed by atoms with Crippen molar-refractivity contribution in [2.75, 3.05) is 20.2 Å². The summed E-state index contributed by atoms with van der Waals surface area (Å²) in [6.45, 7) is 1.40. The van der Waals surface area contributed by atoms with E-state index in [0.29, 0.717) is 24.0 Å². The number of rotatable bonds is 6. The van der Waals surface area contributed by atoms with Gasteiger partial charge < -0.3 is 15.4 Å². The maximum absolute atomic E-state index is 13.1. The molecule has 0 unspecified atom stereocenters. The molecule has 1 aromatic rings. The molecule has 1 aliphatic carbocycles. The Kier molecular flexibility index (Phi) is 4.14. The van der Waals surface area contributed by atoms with E-state index < -0.39 is 0 Å². The zero-order chi connectivity index (χ0) is 13.1. The topological polar surface area (TPSA) is 38.5 Å². The molecule has 0 saturated heterocycles. The summed E-state index contributed by atoms with van der Waals surface area (Å²) in [7, 11) is 2.08. The van der Waals surface area contributed by atoms with Crippen molar-refractivity contribution >= 4 is 17.2 Å². The fourth-order valence-corrected chi connectivity index (χ4v) is 1.98. The van der Waals surface area contributed by atoms with Crippen LogP contribution in [0, 0.1) is 5.82 Å². The van der Waals surface area contributed by atoms with Gasteiger partial charge in [0, 0.05) is 12.6 Å². The predicted molar refractivity (Wildman–Crippen MR) is 73.4 cm³/mol. The van der Waals surface area contributed by atoms with Crippen LogP contribution in [0.3, 0.4) is 0 Å². The standard InChI is InChI=1S/C13H17FN2OS/c1-16(10-3-4-10)6-7-17-12-5-2-9(14)8-11(12)13(15)18/h2,5,8,10H,3-4,6-7H2,1H3,(H2,15,18). The molecule has 1 saturated carbocycles. The number of hydrogen-bond acceptors (Lipinski definition) is 3. The first-order valence-electron chi connectivity index (χ1n) is 6.00. The van der Waals surface area contributed by atoms with Crippen molar-refractivity contribution in [2.24, 2.45) is 5.73 Å². The van der Waals surface area contributed by atoms with Crippen molar-refractivity contribution in [3.8, 4) is 5.75 Å². The summed E-state index contributed by atoms with van der Waals surface area (Å²) in [6, 6.07) is 4.93. The van der Waals surface area contributed by atoms with Crippen LogP contribution in [0.2, 0.25) is 0 Å². The summed E-state index contributed by atoms with van der Waals surface area (Å²) >= 11 is 4.88. The molecule has 0 atom stereocenters. The van der Waals surface area contributed by atoms with Crippen LogP contribution in [-0.4, -0.2) is 36.1 Å². The van der Waals surface area contributed by atoms with E-state index in [1.165, 1.54) is 25.0 Å². The maximum Gasteiger partial charge on any atom is 0.129 e. The Morgan fingerprint density at radius 3 is 2.89 bits per heavy atom. The second-order valence-corrected chi connectivity index (χ2v) is 5.00. The van der Waals surface area contributed by atoms with Crippen LogP contribution < -0.4 is 10.5 Å². The molecular weight excluding hydrogens is 251 g/mol.